The summed E-state index contributed by atoms with van der Waals surface area (Å²) in [5.74, 6) is 0.0486. The predicted molar refractivity (Wildman–Crippen MR) is 69.7 cm³/mol. The fourth-order valence-corrected chi connectivity index (χ4v) is 3.18. The average Bonchev–Trinajstić information content (AvgIpc) is 2.67. The van der Waals surface area contributed by atoms with E-state index >= 15 is 0 Å². The van der Waals surface area contributed by atoms with E-state index in [0.717, 1.165) is 18.7 Å². The van der Waals surface area contributed by atoms with Crippen LogP contribution in [0.5, 0.6) is 0 Å². The molecule has 1 saturated carbocycles. The number of hydrogen-bond acceptors (Lipinski definition) is 1. The number of alkyl halides is 2. The largest absolute Gasteiger partial charge is 0.311 e. The molecular weight excluding hydrogens is 257 g/mol. The Hall–Kier alpha value is -0.730. The fraction of sp³-hybridized carbons (Fsp3) is 0.462. The molecule has 1 fully saturated rings. The first-order chi connectivity index (χ1) is 7.96. The molecule has 2 aliphatic rings. The van der Waals surface area contributed by atoms with Gasteiger partial charge >= 0.3 is 0 Å². The molecule has 3 rings (SSSR count). The second-order valence-corrected chi connectivity index (χ2v) is 6.53. The molecule has 90 valence electrons. The van der Waals surface area contributed by atoms with Gasteiger partial charge in [0.2, 0.25) is 5.91 Å². The van der Waals surface area contributed by atoms with E-state index in [0.29, 0.717) is 6.42 Å². The van der Waals surface area contributed by atoms with E-state index in [1.165, 1.54) is 5.56 Å². The Balaban J connectivity index is 1.91. The van der Waals surface area contributed by atoms with Crippen molar-refractivity contribution < 1.29 is 4.79 Å². The molecule has 0 unspecified atom stereocenters. The predicted octanol–water partition coefficient (Wildman–Crippen LogP) is 3.16. The molecular formula is C13H13Cl2NO. The summed E-state index contributed by atoms with van der Waals surface area (Å²) in [5.41, 5.74) is 1.61. The van der Waals surface area contributed by atoms with E-state index in [1.807, 2.05) is 30.0 Å². The second kappa shape index (κ2) is 3.39. The molecule has 4 heteroatoms. The number of carbonyl (C=O) groups excluding carboxylic acids is 1. The lowest BCUT2D eigenvalue weighted by Crippen LogP contribution is -2.37. The van der Waals surface area contributed by atoms with Crippen LogP contribution in [0.2, 0.25) is 0 Å². The van der Waals surface area contributed by atoms with Gasteiger partial charge in [0.25, 0.3) is 0 Å². The van der Waals surface area contributed by atoms with E-state index in [1.54, 1.807) is 0 Å². The molecule has 0 aromatic heterocycles. The van der Waals surface area contributed by atoms with Crippen LogP contribution in [0.25, 0.3) is 0 Å². The van der Waals surface area contributed by atoms with Crippen LogP contribution in [0, 0.1) is 5.41 Å². The van der Waals surface area contributed by atoms with E-state index in [9.17, 15) is 4.79 Å². The van der Waals surface area contributed by atoms with Gasteiger partial charge in [-0.2, -0.15) is 0 Å². The maximum absolute atomic E-state index is 12.5. The number of amides is 1. The molecule has 0 spiro atoms. The van der Waals surface area contributed by atoms with Gasteiger partial charge in [0, 0.05) is 12.2 Å². The Labute approximate surface area is 111 Å². The van der Waals surface area contributed by atoms with Gasteiger partial charge in [0.1, 0.15) is 4.33 Å². The lowest BCUT2D eigenvalue weighted by Gasteiger charge is -2.22. The Morgan fingerprint density at radius 2 is 2.00 bits per heavy atom. The fourth-order valence-electron chi connectivity index (χ4n) is 2.48. The van der Waals surface area contributed by atoms with Gasteiger partial charge in [-0.05, 0) is 31.4 Å². The molecule has 0 bridgehead atoms. The van der Waals surface area contributed by atoms with Crippen molar-refractivity contribution >= 4 is 34.8 Å². The molecule has 1 amide bonds. The van der Waals surface area contributed by atoms with Gasteiger partial charge in [-0.25, -0.2) is 0 Å². The number of carbonyl (C=O) groups is 1. The summed E-state index contributed by atoms with van der Waals surface area (Å²) >= 11 is 12.1. The van der Waals surface area contributed by atoms with Crippen LogP contribution in [0.1, 0.15) is 18.9 Å². The Morgan fingerprint density at radius 1 is 1.35 bits per heavy atom. The van der Waals surface area contributed by atoms with E-state index in [2.05, 4.69) is 6.07 Å². The van der Waals surface area contributed by atoms with Crippen molar-refractivity contribution in [2.24, 2.45) is 5.41 Å². The highest BCUT2D eigenvalue weighted by Crippen LogP contribution is 2.64. The molecule has 1 atom stereocenters. The molecule has 0 N–H and O–H groups in total. The Kier molecular flexibility index (Phi) is 2.27. The summed E-state index contributed by atoms with van der Waals surface area (Å²) in [5, 5.41) is 0. The van der Waals surface area contributed by atoms with Gasteiger partial charge in [0.05, 0.1) is 5.41 Å². The van der Waals surface area contributed by atoms with Gasteiger partial charge in [-0.1, -0.05) is 18.2 Å². The van der Waals surface area contributed by atoms with Gasteiger partial charge in [-0.15, -0.1) is 23.2 Å². The third-order valence-corrected chi connectivity index (χ3v) is 4.96. The number of fused-ring (bicyclic) bond motifs is 1. The zero-order valence-corrected chi connectivity index (χ0v) is 11.1. The second-order valence-electron chi connectivity index (χ2n) is 5.05. The number of hydrogen-bond donors (Lipinski definition) is 0. The summed E-state index contributed by atoms with van der Waals surface area (Å²) in [6.07, 6.45) is 1.45. The highest BCUT2D eigenvalue weighted by molar-refractivity contribution is 6.53. The highest BCUT2D eigenvalue weighted by Gasteiger charge is 2.69. The number of anilines is 1. The van der Waals surface area contributed by atoms with Gasteiger partial charge in [-0.3, -0.25) is 4.79 Å². The van der Waals surface area contributed by atoms with Crippen molar-refractivity contribution in [2.45, 2.75) is 24.1 Å². The number of nitrogens with zero attached hydrogens (tertiary/aromatic N) is 1. The third-order valence-electron chi connectivity index (χ3n) is 3.86. The average molecular weight is 270 g/mol. The highest BCUT2D eigenvalue weighted by atomic mass is 35.5. The zero-order valence-electron chi connectivity index (χ0n) is 9.54. The molecule has 1 aromatic carbocycles. The molecule has 1 aliphatic heterocycles. The molecule has 0 radical (unpaired) electrons. The maximum Gasteiger partial charge on any atom is 0.236 e. The summed E-state index contributed by atoms with van der Waals surface area (Å²) < 4.78 is -0.887. The first-order valence-corrected chi connectivity index (χ1v) is 6.49. The van der Waals surface area contributed by atoms with Crippen molar-refractivity contribution in [3.63, 3.8) is 0 Å². The quantitative estimate of drug-likeness (QED) is 0.718. The van der Waals surface area contributed by atoms with Crippen molar-refractivity contribution in [3.05, 3.63) is 29.8 Å². The lowest BCUT2D eigenvalue weighted by atomic mass is 10.1. The van der Waals surface area contributed by atoms with Crippen LogP contribution in [0.3, 0.4) is 0 Å². The Bertz CT molecular complexity index is 500. The minimum absolute atomic E-state index is 0.0486. The molecule has 0 saturated heterocycles. The summed E-state index contributed by atoms with van der Waals surface area (Å²) in [7, 11) is 0. The monoisotopic (exact) mass is 269 g/mol. The lowest BCUT2D eigenvalue weighted by molar-refractivity contribution is -0.123. The van der Waals surface area contributed by atoms with Gasteiger partial charge in [0.15, 0.2) is 0 Å². The van der Waals surface area contributed by atoms with Crippen molar-refractivity contribution in [1.29, 1.82) is 0 Å². The summed E-state index contributed by atoms with van der Waals surface area (Å²) in [6, 6.07) is 8.00. The SMILES string of the molecule is C[C@]1(C(=O)N2CCc3ccccc32)CC1(Cl)Cl. The van der Waals surface area contributed by atoms with Crippen LogP contribution >= 0.6 is 23.2 Å². The number of benzene rings is 1. The van der Waals surface area contributed by atoms with Crippen LogP contribution < -0.4 is 4.90 Å². The number of para-hydroxylation sites is 1. The maximum atomic E-state index is 12.5. The Morgan fingerprint density at radius 3 is 2.65 bits per heavy atom. The first-order valence-electron chi connectivity index (χ1n) is 5.73. The summed E-state index contributed by atoms with van der Waals surface area (Å²) in [4.78, 5) is 14.3. The third kappa shape index (κ3) is 1.50. The molecule has 2 nitrogen and oxygen atoms in total. The summed E-state index contributed by atoms with van der Waals surface area (Å²) in [6.45, 7) is 2.58. The molecule has 17 heavy (non-hydrogen) atoms. The van der Waals surface area contributed by atoms with Crippen molar-refractivity contribution in [3.8, 4) is 0 Å². The van der Waals surface area contributed by atoms with Crippen LogP contribution in [-0.4, -0.2) is 16.8 Å². The standard InChI is InChI=1S/C13H13Cl2NO/c1-12(8-13(12,14)15)11(17)16-7-6-9-4-2-3-5-10(9)16/h2-5H,6-8H2,1H3/t12-/m1/s1. The van der Waals surface area contributed by atoms with Crippen molar-refractivity contribution in [2.75, 3.05) is 11.4 Å². The molecule has 1 aromatic rings. The molecule has 1 aliphatic carbocycles. The van der Waals surface area contributed by atoms with E-state index < -0.39 is 9.75 Å². The normalized spacial score (nSPS) is 29.0. The van der Waals surface area contributed by atoms with Crippen LogP contribution in [0.4, 0.5) is 5.69 Å². The number of halogens is 2. The first kappa shape index (κ1) is 11.4. The minimum Gasteiger partial charge on any atom is -0.311 e. The topological polar surface area (TPSA) is 20.3 Å². The molecule has 1 heterocycles. The zero-order chi connectivity index (χ0) is 12.3. The van der Waals surface area contributed by atoms with Crippen LogP contribution in [0.15, 0.2) is 24.3 Å². The smallest absolute Gasteiger partial charge is 0.236 e. The van der Waals surface area contributed by atoms with Gasteiger partial charge < -0.3 is 4.90 Å². The van der Waals surface area contributed by atoms with Crippen LogP contribution in [-0.2, 0) is 11.2 Å². The van der Waals surface area contributed by atoms with E-state index in [4.69, 9.17) is 23.2 Å². The number of rotatable bonds is 1. The van der Waals surface area contributed by atoms with E-state index in [-0.39, 0.29) is 5.91 Å². The van der Waals surface area contributed by atoms with Crippen molar-refractivity contribution in [1.82, 2.24) is 0 Å². The minimum atomic E-state index is -0.887.